The first kappa shape index (κ1) is 14.1. The second-order valence-corrected chi connectivity index (χ2v) is 5.21. The molecule has 0 aliphatic rings. The fourth-order valence-corrected chi connectivity index (χ4v) is 2.69. The predicted molar refractivity (Wildman–Crippen MR) is 78.8 cm³/mol. The van der Waals surface area contributed by atoms with Crippen molar-refractivity contribution >= 4 is 28.5 Å². The molecule has 0 fully saturated rings. The van der Waals surface area contributed by atoms with E-state index in [1.165, 1.54) is 11.8 Å². The molecule has 1 aromatic heterocycles. The zero-order valence-electron chi connectivity index (χ0n) is 10.4. The van der Waals surface area contributed by atoms with Crippen LogP contribution in [0.25, 0.3) is 10.9 Å². The minimum absolute atomic E-state index is 0.217. The van der Waals surface area contributed by atoms with Crippen LogP contribution in [0.2, 0.25) is 0 Å². The van der Waals surface area contributed by atoms with Gasteiger partial charge in [-0.15, -0.1) is 0 Å². The molecule has 102 valence electrons. The van der Waals surface area contributed by atoms with Gasteiger partial charge < -0.3 is 15.6 Å². The molecule has 2 rings (SSSR count). The van der Waals surface area contributed by atoms with Gasteiger partial charge in [0.25, 0.3) is 0 Å². The highest BCUT2D eigenvalue weighted by Gasteiger charge is 2.08. The highest BCUT2D eigenvalue weighted by molar-refractivity contribution is 7.98. The van der Waals surface area contributed by atoms with Crippen molar-refractivity contribution in [2.45, 2.75) is 11.9 Å². The van der Waals surface area contributed by atoms with Crippen LogP contribution in [0.15, 0.2) is 30.3 Å². The number of thioether (sulfide) groups is 1. The number of hydrogen-bond acceptors (Lipinski definition) is 6. The number of aliphatic hydroxyl groups is 2. The summed E-state index contributed by atoms with van der Waals surface area (Å²) < 4.78 is 0. The summed E-state index contributed by atoms with van der Waals surface area (Å²) in [6.45, 7) is -0.217. The van der Waals surface area contributed by atoms with E-state index in [1.807, 2.05) is 30.3 Å². The molecule has 6 heteroatoms. The quantitative estimate of drug-likeness (QED) is 0.468. The molecule has 1 heterocycles. The Morgan fingerprint density at radius 2 is 2.16 bits per heavy atom. The molecule has 0 spiro atoms. The number of hydrogen-bond donors (Lipinski definition) is 4. The molecule has 1 aromatic carbocycles. The summed E-state index contributed by atoms with van der Waals surface area (Å²) >= 11 is 1.53. The van der Waals surface area contributed by atoms with Gasteiger partial charge in [-0.1, -0.05) is 18.2 Å². The van der Waals surface area contributed by atoms with E-state index in [1.54, 1.807) is 0 Å². The fourth-order valence-electron chi connectivity index (χ4n) is 1.75. The number of nitrogen functional groups attached to an aromatic ring is 1. The third-order valence-corrected chi connectivity index (χ3v) is 3.85. The number of hydrazine groups is 1. The molecule has 1 unspecified atom stereocenters. The molecular weight excluding hydrogens is 262 g/mol. The lowest BCUT2D eigenvalue weighted by molar-refractivity contribution is 0.113. The van der Waals surface area contributed by atoms with E-state index in [0.29, 0.717) is 17.3 Å². The van der Waals surface area contributed by atoms with Crippen LogP contribution in [0.4, 0.5) is 5.82 Å². The van der Waals surface area contributed by atoms with Crippen molar-refractivity contribution < 1.29 is 10.2 Å². The van der Waals surface area contributed by atoms with Crippen LogP contribution < -0.4 is 11.3 Å². The Kier molecular flexibility index (Phi) is 4.98. The molecule has 0 amide bonds. The van der Waals surface area contributed by atoms with Gasteiger partial charge in [-0.05, 0) is 12.1 Å². The first-order valence-corrected chi connectivity index (χ1v) is 7.12. The smallest absolute Gasteiger partial charge is 0.144 e. The maximum atomic E-state index is 9.31. The second kappa shape index (κ2) is 6.72. The van der Waals surface area contributed by atoms with E-state index in [9.17, 15) is 5.11 Å². The van der Waals surface area contributed by atoms with Gasteiger partial charge in [-0.3, -0.25) is 0 Å². The van der Waals surface area contributed by atoms with E-state index in [0.717, 1.165) is 16.5 Å². The molecule has 0 saturated carbocycles. The Labute approximate surface area is 115 Å². The van der Waals surface area contributed by atoms with Crippen LogP contribution in [0.1, 0.15) is 5.56 Å². The monoisotopic (exact) mass is 279 g/mol. The second-order valence-electron chi connectivity index (χ2n) is 4.18. The summed E-state index contributed by atoms with van der Waals surface area (Å²) in [5.74, 6) is 7.29. The molecule has 0 radical (unpaired) electrons. The van der Waals surface area contributed by atoms with Crippen molar-refractivity contribution in [3.8, 4) is 0 Å². The minimum Gasteiger partial charge on any atom is -0.394 e. The van der Waals surface area contributed by atoms with Crippen molar-refractivity contribution in [2.75, 3.05) is 17.8 Å². The number of fused-ring (bicyclic) bond motifs is 1. The van der Waals surface area contributed by atoms with Gasteiger partial charge in [0, 0.05) is 22.5 Å². The highest BCUT2D eigenvalue weighted by atomic mass is 32.2. The maximum absolute atomic E-state index is 9.31. The summed E-state index contributed by atoms with van der Waals surface area (Å²) in [5.41, 5.74) is 4.47. The number of pyridine rings is 1. The third kappa shape index (κ3) is 3.57. The normalized spacial score (nSPS) is 12.6. The van der Waals surface area contributed by atoms with Crippen LogP contribution >= 0.6 is 11.8 Å². The largest absolute Gasteiger partial charge is 0.394 e. The summed E-state index contributed by atoms with van der Waals surface area (Å²) in [5, 5.41) is 19.1. The predicted octanol–water partition coefficient (Wildman–Crippen LogP) is 1.11. The lowest BCUT2D eigenvalue weighted by Crippen LogP contribution is -2.15. The Hall–Kier alpha value is -1.34. The number of aliphatic hydroxyl groups excluding tert-OH is 2. The summed E-state index contributed by atoms with van der Waals surface area (Å²) in [6.07, 6.45) is -0.687. The van der Waals surface area contributed by atoms with Crippen LogP contribution in [0.5, 0.6) is 0 Å². The van der Waals surface area contributed by atoms with Gasteiger partial charge in [0.05, 0.1) is 18.2 Å². The lowest BCUT2D eigenvalue weighted by atomic mass is 10.1. The molecule has 0 aliphatic carbocycles. The number of para-hydroxylation sites is 1. The molecule has 1 atom stereocenters. The van der Waals surface area contributed by atoms with E-state index >= 15 is 0 Å². The summed E-state index contributed by atoms with van der Waals surface area (Å²) in [7, 11) is 0. The molecule has 5 N–H and O–H groups in total. The number of rotatable bonds is 6. The number of benzene rings is 1. The van der Waals surface area contributed by atoms with Crippen LogP contribution in [-0.2, 0) is 5.75 Å². The van der Waals surface area contributed by atoms with Gasteiger partial charge >= 0.3 is 0 Å². The minimum atomic E-state index is -0.687. The van der Waals surface area contributed by atoms with Crippen molar-refractivity contribution in [3.05, 3.63) is 35.9 Å². The van der Waals surface area contributed by atoms with Crippen molar-refractivity contribution in [1.29, 1.82) is 0 Å². The first-order valence-electron chi connectivity index (χ1n) is 5.96. The zero-order chi connectivity index (χ0) is 13.7. The third-order valence-electron chi connectivity index (χ3n) is 2.72. The van der Waals surface area contributed by atoms with Gasteiger partial charge in [0.1, 0.15) is 5.82 Å². The van der Waals surface area contributed by atoms with Crippen molar-refractivity contribution in [2.24, 2.45) is 5.84 Å². The van der Waals surface area contributed by atoms with Crippen LogP contribution in [-0.4, -0.2) is 33.7 Å². The average Bonchev–Trinajstić information content (AvgIpc) is 2.46. The standard InChI is InChI=1S/C13H17N3O2S/c14-16-13-10(7-19-8-11(18)6-17)5-9-3-1-2-4-12(9)15-13/h1-5,11,17-18H,6-8,14H2,(H,15,16). The molecule has 0 saturated heterocycles. The summed E-state index contributed by atoms with van der Waals surface area (Å²) in [6, 6.07) is 9.87. The Bertz CT molecular complexity index is 550. The molecule has 0 aliphatic heterocycles. The molecule has 5 nitrogen and oxygen atoms in total. The maximum Gasteiger partial charge on any atom is 0.144 e. The van der Waals surface area contributed by atoms with Gasteiger partial charge in [-0.25, -0.2) is 10.8 Å². The molecule has 2 aromatic rings. The average molecular weight is 279 g/mol. The molecule has 19 heavy (non-hydrogen) atoms. The Balaban J connectivity index is 2.16. The SMILES string of the molecule is NNc1nc2ccccc2cc1CSCC(O)CO. The van der Waals surface area contributed by atoms with Crippen LogP contribution in [0.3, 0.4) is 0 Å². The zero-order valence-corrected chi connectivity index (χ0v) is 11.2. The van der Waals surface area contributed by atoms with Gasteiger partial charge in [0.2, 0.25) is 0 Å². The van der Waals surface area contributed by atoms with Gasteiger partial charge in [-0.2, -0.15) is 11.8 Å². The highest BCUT2D eigenvalue weighted by Crippen LogP contribution is 2.24. The Morgan fingerprint density at radius 1 is 1.37 bits per heavy atom. The number of aromatic nitrogens is 1. The summed E-state index contributed by atoms with van der Waals surface area (Å²) in [4.78, 5) is 4.45. The van der Waals surface area contributed by atoms with Crippen molar-refractivity contribution in [1.82, 2.24) is 4.98 Å². The number of nitrogens with two attached hydrogens (primary N) is 1. The molecular formula is C13H17N3O2S. The number of anilines is 1. The van der Waals surface area contributed by atoms with E-state index in [-0.39, 0.29) is 6.61 Å². The lowest BCUT2D eigenvalue weighted by Gasteiger charge is -2.11. The topological polar surface area (TPSA) is 91.4 Å². The van der Waals surface area contributed by atoms with Crippen LogP contribution in [0, 0.1) is 0 Å². The number of nitrogens with zero attached hydrogens (tertiary/aromatic N) is 1. The molecule has 0 bridgehead atoms. The van der Waals surface area contributed by atoms with E-state index < -0.39 is 6.10 Å². The Morgan fingerprint density at radius 3 is 2.89 bits per heavy atom. The van der Waals surface area contributed by atoms with E-state index in [4.69, 9.17) is 10.9 Å². The fraction of sp³-hybridized carbons (Fsp3) is 0.308. The number of nitrogens with one attached hydrogen (secondary N) is 1. The van der Waals surface area contributed by atoms with Gasteiger partial charge in [0.15, 0.2) is 0 Å². The first-order chi connectivity index (χ1) is 9.24. The van der Waals surface area contributed by atoms with E-state index in [2.05, 4.69) is 10.4 Å². The van der Waals surface area contributed by atoms with Crippen molar-refractivity contribution in [3.63, 3.8) is 0 Å².